The van der Waals surface area contributed by atoms with Crippen molar-refractivity contribution in [1.82, 2.24) is 9.80 Å². The summed E-state index contributed by atoms with van der Waals surface area (Å²) < 4.78 is 11.0. The van der Waals surface area contributed by atoms with Gasteiger partial charge in [0.25, 0.3) is 0 Å². The van der Waals surface area contributed by atoms with E-state index in [4.69, 9.17) is 9.47 Å². The predicted molar refractivity (Wildman–Crippen MR) is 113 cm³/mol. The molecular weight excluding hydrogens is 388 g/mol. The van der Waals surface area contributed by atoms with E-state index in [0.29, 0.717) is 19.7 Å². The highest BCUT2D eigenvalue weighted by Gasteiger charge is 2.33. The molecule has 7 heteroatoms. The number of rotatable bonds is 8. The summed E-state index contributed by atoms with van der Waals surface area (Å²) in [6, 6.07) is 9.80. The second-order valence-corrected chi connectivity index (χ2v) is 8.07. The Balaban J connectivity index is 1.76. The summed E-state index contributed by atoms with van der Waals surface area (Å²) in [5, 5.41) is 2.07. The van der Waals surface area contributed by atoms with Crippen LogP contribution in [0.5, 0.6) is 5.75 Å². The minimum atomic E-state index is -0.177. The van der Waals surface area contributed by atoms with E-state index in [1.54, 1.807) is 11.3 Å². The van der Waals surface area contributed by atoms with Crippen LogP contribution in [0.2, 0.25) is 0 Å². The van der Waals surface area contributed by atoms with E-state index >= 15 is 0 Å². The van der Waals surface area contributed by atoms with Gasteiger partial charge in [0, 0.05) is 25.1 Å². The van der Waals surface area contributed by atoms with Crippen LogP contribution in [0, 0.1) is 6.92 Å². The first-order valence-corrected chi connectivity index (χ1v) is 10.7. The lowest BCUT2D eigenvalue weighted by molar-refractivity contribution is -0.144. The first-order valence-electron chi connectivity index (χ1n) is 9.86. The minimum Gasteiger partial charge on any atom is -0.491 e. The summed E-state index contributed by atoms with van der Waals surface area (Å²) in [5.74, 6) is 0.587. The van der Waals surface area contributed by atoms with Crippen LogP contribution in [-0.4, -0.2) is 61.6 Å². The van der Waals surface area contributed by atoms with Crippen LogP contribution in [0.4, 0.5) is 0 Å². The Morgan fingerprint density at radius 2 is 2.07 bits per heavy atom. The molecule has 0 bridgehead atoms. The maximum absolute atomic E-state index is 13.1. The summed E-state index contributed by atoms with van der Waals surface area (Å²) in [6.45, 7) is 5.40. The molecule has 2 heterocycles. The largest absolute Gasteiger partial charge is 0.491 e. The third kappa shape index (κ3) is 4.97. The van der Waals surface area contributed by atoms with Gasteiger partial charge in [-0.05, 0) is 48.9 Å². The molecule has 0 radical (unpaired) electrons. The highest BCUT2D eigenvalue weighted by molar-refractivity contribution is 7.10. The smallest absolute Gasteiger partial charge is 0.249 e. The number of methoxy groups -OCH3 is 1. The van der Waals surface area contributed by atoms with Gasteiger partial charge in [0.1, 0.15) is 19.0 Å². The van der Waals surface area contributed by atoms with E-state index in [2.05, 4.69) is 11.4 Å². The van der Waals surface area contributed by atoms with E-state index in [0.717, 1.165) is 23.3 Å². The topological polar surface area (TPSA) is 59.1 Å². The SMILES string of the molecule is CCN(CC(=O)N1CCc2sccc2[C@H]1COc1ccccc1C)C(=O)COC. The van der Waals surface area contributed by atoms with Gasteiger partial charge < -0.3 is 19.3 Å². The van der Waals surface area contributed by atoms with Crippen LogP contribution >= 0.6 is 11.3 Å². The third-order valence-electron chi connectivity index (χ3n) is 5.23. The summed E-state index contributed by atoms with van der Waals surface area (Å²) >= 11 is 1.72. The van der Waals surface area contributed by atoms with Gasteiger partial charge in [-0.1, -0.05) is 18.2 Å². The number of nitrogens with zero attached hydrogens (tertiary/aromatic N) is 2. The van der Waals surface area contributed by atoms with E-state index in [1.165, 1.54) is 16.9 Å². The molecule has 1 aliphatic rings. The molecule has 0 spiro atoms. The zero-order valence-corrected chi connectivity index (χ0v) is 18.0. The monoisotopic (exact) mass is 416 g/mol. The number of aryl methyl sites for hydroxylation is 1. The van der Waals surface area contributed by atoms with Crippen LogP contribution in [0.25, 0.3) is 0 Å². The Hall–Kier alpha value is -2.38. The van der Waals surface area contributed by atoms with Gasteiger partial charge in [-0.3, -0.25) is 9.59 Å². The molecule has 0 unspecified atom stereocenters. The minimum absolute atomic E-state index is 0.0182. The average molecular weight is 417 g/mol. The molecule has 3 rings (SSSR count). The number of hydrogen-bond donors (Lipinski definition) is 0. The Labute approximate surface area is 176 Å². The summed E-state index contributed by atoms with van der Waals surface area (Å²) in [4.78, 5) is 30.0. The van der Waals surface area contributed by atoms with Crippen molar-refractivity contribution < 1.29 is 19.1 Å². The molecule has 0 saturated heterocycles. The highest BCUT2D eigenvalue weighted by atomic mass is 32.1. The number of amides is 2. The van der Waals surface area contributed by atoms with Gasteiger partial charge in [0.05, 0.1) is 12.6 Å². The number of carbonyl (C=O) groups excluding carboxylic acids is 2. The number of carbonyl (C=O) groups is 2. The van der Waals surface area contributed by atoms with E-state index in [9.17, 15) is 9.59 Å². The lowest BCUT2D eigenvalue weighted by Gasteiger charge is -2.37. The molecule has 1 aromatic carbocycles. The third-order valence-corrected chi connectivity index (χ3v) is 6.23. The van der Waals surface area contributed by atoms with Crippen LogP contribution in [-0.2, 0) is 20.7 Å². The molecular formula is C22H28N2O4S. The van der Waals surface area contributed by atoms with Gasteiger partial charge in [-0.25, -0.2) is 0 Å². The van der Waals surface area contributed by atoms with Crippen molar-refractivity contribution in [3.63, 3.8) is 0 Å². The molecule has 1 aromatic heterocycles. The molecule has 1 atom stereocenters. The number of fused-ring (bicyclic) bond motifs is 1. The number of hydrogen-bond acceptors (Lipinski definition) is 5. The molecule has 0 N–H and O–H groups in total. The number of thiophene rings is 1. The summed E-state index contributed by atoms with van der Waals surface area (Å²) in [7, 11) is 1.48. The maximum Gasteiger partial charge on any atom is 0.249 e. The van der Waals surface area contributed by atoms with E-state index in [1.807, 2.05) is 43.0 Å². The zero-order chi connectivity index (χ0) is 20.8. The molecule has 29 heavy (non-hydrogen) atoms. The van der Waals surface area contributed by atoms with Crippen molar-refractivity contribution in [1.29, 1.82) is 0 Å². The van der Waals surface area contributed by atoms with E-state index < -0.39 is 0 Å². The van der Waals surface area contributed by atoms with Gasteiger partial charge in [-0.2, -0.15) is 0 Å². The quantitative estimate of drug-likeness (QED) is 0.664. The molecule has 156 valence electrons. The fourth-order valence-corrected chi connectivity index (χ4v) is 4.54. The number of ether oxygens (including phenoxy) is 2. The van der Waals surface area contributed by atoms with Gasteiger partial charge in [-0.15, -0.1) is 11.3 Å². The van der Waals surface area contributed by atoms with Crippen molar-refractivity contribution in [2.75, 3.05) is 40.0 Å². The number of benzene rings is 1. The number of para-hydroxylation sites is 1. The van der Waals surface area contributed by atoms with Crippen molar-refractivity contribution in [3.05, 3.63) is 51.7 Å². The Morgan fingerprint density at radius 3 is 2.79 bits per heavy atom. The van der Waals surface area contributed by atoms with E-state index in [-0.39, 0.29) is 31.0 Å². The van der Waals surface area contributed by atoms with Crippen LogP contribution in [0.1, 0.15) is 29.0 Å². The zero-order valence-electron chi connectivity index (χ0n) is 17.2. The summed E-state index contributed by atoms with van der Waals surface area (Å²) in [6.07, 6.45) is 0.831. The normalized spacial score (nSPS) is 15.7. The Morgan fingerprint density at radius 1 is 1.28 bits per heavy atom. The fourth-order valence-electron chi connectivity index (χ4n) is 3.61. The standard InChI is InChI=1S/C22H28N2O4S/c1-4-23(22(26)15-27-3)13-21(25)24-11-9-20-17(10-12-29-20)18(24)14-28-19-8-6-5-7-16(19)2/h5-8,10,12,18H,4,9,11,13-15H2,1-3H3/t18-/m1/s1. The van der Waals surface area contributed by atoms with Gasteiger partial charge >= 0.3 is 0 Å². The fraction of sp³-hybridized carbons (Fsp3) is 0.455. The highest BCUT2D eigenvalue weighted by Crippen LogP contribution is 2.34. The average Bonchev–Trinajstić information content (AvgIpc) is 3.20. The molecule has 0 fully saturated rings. The molecule has 0 saturated carbocycles. The van der Waals surface area contributed by atoms with Crippen LogP contribution in [0.3, 0.4) is 0 Å². The Kier molecular flexibility index (Phi) is 7.28. The lowest BCUT2D eigenvalue weighted by Crippen LogP contribution is -2.48. The maximum atomic E-state index is 13.1. The molecule has 1 aliphatic heterocycles. The molecule has 0 aliphatic carbocycles. The van der Waals surface area contributed by atoms with Crippen molar-refractivity contribution in [3.8, 4) is 5.75 Å². The predicted octanol–water partition coefficient (Wildman–Crippen LogP) is 3.06. The second-order valence-electron chi connectivity index (χ2n) is 7.07. The summed E-state index contributed by atoms with van der Waals surface area (Å²) in [5.41, 5.74) is 2.21. The van der Waals surface area contributed by atoms with Crippen molar-refractivity contribution in [2.45, 2.75) is 26.3 Å². The number of likely N-dealkylation sites (N-methyl/N-ethyl adjacent to an activating group) is 1. The Bertz CT molecular complexity index is 851. The van der Waals surface area contributed by atoms with Crippen molar-refractivity contribution in [2.24, 2.45) is 0 Å². The van der Waals surface area contributed by atoms with Crippen LogP contribution < -0.4 is 4.74 Å². The van der Waals surface area contributed by atoms with Crippen molar-refractivity contribution >= 4 is 23.2 Å². The first kappa shape index (κ1) is 21.3. The molecule has 2 amide bonds. The molecule has 2 aromatic rings. The molecule has 6 nitrogen and oxygen atoms in total. The van der Waals surface area contributed by atoms with Gasteiger partial charge in [0.2, 0.25) is 11.8 Å². The van der Waals surface area contributed by atoms with Gasteiger partial charge in [0.15, 0.2) is 0 Å². The first-order chi connectivity index (χ1) is 14.0. The lowest BCUT2D eigenvalue weighted by atomic mass is 10.0. The van der Waals surface area contributed by atoms with Crippen LogP contribution in [0.15, 0.2) is 35.7 Å². The second kappa shape index (κ2) is 9.89.